The Balaban J connectivity index is 0.788. The number of fused-ring (bicyclic) bond motifs is 5. The van der Waals surface area contributed by atoms with Crippen molar-refractivity contribution in [3.05, 3.63) is 92.3 Å². The molecule has 0 radical (unpaired) electrons. The van der Waals surface area contributed by atoms with Gasteiger partial charge in [0.05, 0.1) is 50.2 Å². The van der Waals surface area contributed by atoms with Gasteiger partial charge in [-0.15, -0.1) is 11.3 Å². The Labute approximate surface area is 426 Å². The summed E-state index contributed by atoms with van der Waals surface area (Å²) in [5, 5.41) is 17.4. The molecule has 0 unspecified atom stereocenters. The first-order chi connectivity index (χ1) is 34.1. The number of nitrogens with zero attached hydrogens (tertiary/aromatic N) is 7. The Bertz CT molecular complexity index is 3020. The predicted octanol–water partition coefficient (Wildman–Crippen LogP) is 8.65. The topological polar surface area (TPSA) is 157 Å². The van der Waals surface area contributed by atoms with Crippen LogP contribution >= 0.6 is 27.3 Å². The van der Waals surface area contributed by atoms with Crippen molar-refractivity contribution in [1.82, 2.24) is 39.4 Å². The molecule has 0 spiro atoms. The van der Waals surface area contributed by atoms with Crippen LogP contribution in [0.4, 0.5) is 10.1 Å². The molecule has 6 aromatic rings. The fraction of sp³-hybridized carbons (Fsp3) is 0.519. The van der Waals surface area contributed by atoms with Crippen LogP contribution in [0.15, 0.2) is 75.4 Å². The molecular formula is C54H65BrFN9O5S. The molecule has 376 valence electrons. The van der Waals surface area contributed by atoms with Crippen LogP contribution in [0.3, 0.4) is 0 Å². The van der Waals surface area contributed by atoms with Gasteiger partial charge in [0.2, 0.25) is 17.6 Å². The number of nitrogens with one attached hydrogen (secondary N) is 2. The molecule has 71 heavy (non-hydrogen) atoms. The fourth-order valence-electron chi connectivity index (χ4n) is 11.2. The number of piperazine rings is 1. The number of rotatable bonds is 15. The Morgan fingerprint density at radius 2 is 1.69 bits per heavy atom. The second kappa shape index (κ2) is 20.0. The molecule has 14 nitrogen and oxygen atoms in total. The monoisotopic (exact) mass is 1050 g/mol. The molecule has 10 rings (SSSR count). The Morgan fingerprint density at radius 3 is 2.38 bits per heavy atom. The third kappa shape index (κ3) is 10.00. The third-order valence-electron chi connectivity index (χ3n) is 15.4. The molecule has 4 aliphatic rings. The van der Waals surface area contributed by atoms with Crippen LogP contribution in [0.25, 0.3) is 38.2 Å². The summed E-state index contributed by atoms with van der Waals surface area (Å²) in [6, 6.07) is 18.7. The summed E-state index contributed by atoms with van der Waals surface area (Å²) in [6.45, 7) is 12.0. The summed E-state index contributed by atoms with van der Waals surface area (Å²) in [4.78, 5) is 71.4. The van der Waals surface area contributed by atoms with E-state index in [0.29, 0.717) is 23.6 Å². The zero-order valence-electron chi connectivity index (χ0n) is 41.1. The van der Waals surface area contributed by atoms with E-state index in [9.17, 15) is 28.7 Å². The number of halogens is 2. The van der Waals surface area contributed by atoms with Crippen molar-refractivity contribution in [2.45, 2.75) is 134 Å². The van der Waals surface area contributed by atoms with E-state index in [1.54, 1.807) is 32.1 Å². The maximum absolute atomic E-state index is 14.8. The van der Waals surface area contributed by atoms with Gasteiger partial charge >= 0.3 is 0 Å². The highest BCUT2D eigenvalue weighted by atomic mass is 79.9. The van der Waals surface area contributed by atoms with Gasteiger partial charge in [0.15, 0.2) is 5.67 Å². The van der Waals surface area contributed by atoms with Crippen LogP contribution in [0.5, 0.6) is 0 Å². The molecule has 2 aliphatic carbocycles. The van der Waals surface area contributed by atoms with Gasteiger partial charge in [0, 0.05) is 55.3 Å². The number of aliphatic hydroxyl groups is 1. The maximum atomic E-state index is 14.8. The molecule has 0 bridgehead atoms. The number of hydrogen-bond donors (Lipinski definition) is 3. The summed E-state index contributed by atoms with van der Waals surface area (Å²) in [7, 11) is 0. The highest BCUT2D eigenvalue weighted by Gasteiger charge is 2.53. The van der Waals surface area contributed by atoms with E-state index in [2.05, 4.69) is 80.6 Å². The number of aromatic nitrogens is 4. The minimum absolute atomic E-state index is 0.0553. The zero-order chi connectivity index (χ0) is 49.8. The maximum Gasteiger partial charge on any atom is 0.283 e. The lowest BCUT2D eigenvalue weighted by molar-refractivity contribution is -0.145. The summed E-state index contributed by atoms with van der Waals surface area (Å²) in [5.74, 6) is -0.959. The average molecular weight is 1050 g/mol. The first kappa shape index (κ1) is 49.4. The SMILES string of the molecule is Cc1ncsc1-c1ccc([C@H](CCCCCN2CCN(c3ccc4c(c3)n(C3CCCC3)c3nc(=O)c5c(Br)cccc5n43)CC2)NC(=O)[C@@H]2C[C@@H](O)CN2C(=O)[C@@H](NC(=O)C2(F)CC2)C(C)(C)C)cc1. The molecular weight excluding hydrogens is 986 g/mol. The smallest absolute Gasteiger partial charge is 0.283 e. The molecule has 2 aliphatic heterocycles. The molecule has 3 N–H and O–H groups in total. The molecule has 3 aromatic carbocycles. The first-order valence-electron chi connectivity index (χ1n) is 25.5. The lowest BCUT2D eigenvalue weighted by Crippen LogP contribution is -2.59. The number of carbonyl (C=O) groups excluding carboxylic acids is 3. The van der Waals surface area contributed by atoms with E-state index < -0.39 is 41.1 Å². The van der Waals surface area contributed by atoms with Gasteiger partial charge in [0.25, 0.3) is 11.5 Å². The van der Waals surface area contributed by atoms with Gasteiger partial charge < -0.3 is 30.1 Å². The Hall–Kier alpha value is -5.23. The second-order valence-corrected chi connectivity index (χ2v) is 23.1. The minimum atomic E-state index is -1.96. The van der Waals surface area contributed by atoms with Gasteiger partial charge in [-0.2, -0.15) is 4.98 Å². The van der Waals surface area contributed by atoms with Gasteiger partial charge in [-0.05, 0) is 115 Å². The molecule has 4 fully saturated rings. The predicted molar refractivity (Wildman–Crippen MR) is 281 cm³/mol. The van der Waals surface area contributed by atoms with E-state index >= 15 is 0 Å². The van der Waals surface area contributed by atoms with Gasteiger partial charge in [-0.1, -0.05) is 76.8 Å². The number of carbonyl (C=O) groups is 3. The quantitative estimate of drug-likeness (QED) is 0.0857. The number of β-amino-alcohol motifs (C(OH)–C–C–N with tert-alkyl or cyclic N) is 1. The van der Waals surface area contributed by atoms with Crippen LogP contribution in [-0.2, 0) is 14.4 Å². The highest BCUT2D eigenvalue weighted by Crippen LogP contribution is 2.41. The lowest BCUT2D eigenvalue weighted by atomic mass is 9.85. The van der Waals surface area contributed by atoms with Gasteiger partial charge in [-0.3, -0.25) is 28.5 Å². The van der Waals surface area contributed by atoms with Crippen molar-refractivity contribution in [3.63, 3.8) is 0 Å². The van der Waals surface area contributed by atoms with Crippen molar-refractivity contribution in [2.24, 2.45) is 5.41 Å². The number of thiazole rings is 1. The number of hydrogen-bond acceptors (Lipinski definition) is 10. The van der Waals surface area contributed by atoms with E-state index in [-0.39, 0.29) is 43.3 Å². The largest absolute Gasteiger partial charge is 0.391 e. The molecule has 5 heterocycles. The Morgan fingerprint density at radius 1 is 0.944 bits per heavy atom. The van der Waals surface area contributed by atoms with E-state index in [0.717, 1.165) is 108 Å². The first-order valence-corrected chi connectivity index (χ1v) is 27.2. The van der Waals surface area contributed by atoms with Crippen LogP contribution < -0.4 is 21.1 Å². The average Bonchev–Trinajstić information content (AvgIpc) is 3.80. The Kier molecular flexibility index (Phi) is 13.9. The number of alkyl halides is 1. The van der Waals surface area contributed by atoms with Crippen LogP contribution in [-0.4, -0.2) is 115 Å². The van der Waals surface area contributed by atoms with Crippen molar-refractivity contribution in [1.29, 1.82) is 0 Å². The number of aryl methyl sites for hydroxylation is 1. The summed E-state index contributed by atoms with van der Waals surface area (Å²) < 4.78 is 20.1. The van der Waals surface area contributed by atoms with Gasteiger partial charge in [-0.25, -0.2) is 9.37 Å². The van der Waals surface area contributed by atoms with Crippen molar-refractivity contribution in [2.75, 3.05) is 44.2 Å². The number of imidazole rings is 1. The summed E-state index contributed by atoms with van der Waals surface area (Å²) in [5.41, 5.74) is 6.06. The van der Waals surface area contributed by atoms with Crippen LogP contribution in [0.2, 0.25) is 0 Å². The molecule has 2 saturated carbocycles. The number of benzene rings is 3. The van der Waals surface area contributed by atoms with Gasteiger partial charge in [0.1, 0.15) is 12.1 Å². The molecule has 4 atom stereocenters. The second-order valence-electron chi connectivity index (χ2n) is 21.4. The van der Waals surface area contributed by atoms with E-state index in [1.807, 2.05) is 42.8 Å². The van der Waals surface area contributed by atoms with E-state index in [1.165, 1.54) is 23.4 Å². The number of amides is 3. The number of anilines is 1. The van der Waals surface area contributed by atoms with Crippen LogP contribution in [0.1, 0.15) is 115 Å². The summed E-state index contributed by atoms with van der Waals surface area (Å²) in [6.07, 6.45) is 7.38. The standard InChI is InChI=1S/C54H65BrFN9O5S/c1-33-46(71-32-57-33)35-18-16-34(17-19-35)40(58-48(67)44-30-38(66)31-63(44)50(69)47(53(2,3)4)59-51(70)54(56)22-23-54)14-6-5-9-24-61-25-27-62(28-26-61)37-20-21-41-43(29-37)64(36-11-7-8-12-36)52-60-49(68)45-39(55)13-10-15-42(45)65(41)52/h10,13,15-21,29,32,36,38,40,44,47,66H,5-9,11-12,14,22-28,30-31H2,1-4H3,(H,58,67)(H,59,70)/t38-,40+,44+,47-/m1/s1. The fourth-order valence-corrected chi connectivity index (χ4v) is 12.5. The minimum Gasteiger partial charge on any atom is -0.391 e. The van der Waals surface area contributed by atoms with Crippen LogP contribution in [0, 0.1) is 12.3 Å². The normalized spacial score (nSPS) is 20.5. The summed E-state index contributed by atoms with van der Waals surface area (Å²) >= 11 is 5.20. The number of aliphatic hydroxyl groups excluding tert-OH is 1. The third-order valence-corrected chi connectivity index (χ3v) is 17.0. The van der Waals surface area contributed by atoms with Crippen molar-refractivity contribution >= 4 is 78.4 Å². The number of unbranched alkanes of at least 4 members (excludes halogenated alkanes) is 2. The molecule has 3 aromatic heterocycles. The zero-order valence-corrected chi connectivity index (χ0v) is 43.5. The molecule has 2 saturated heterocycles. The number of likely N-dealkylation sites (tertiary alicyclic amines) is 1. The molecule has 17 heteroatoms. The van der Waals surface area contributed by atoms with Crippen molar-refractivity contribution < 1.29 is 23.9 Å². The molecule has 3 amide bonds. The highest BCUT2D eigenvalue weighted by molar-refractivity contribution is 9.10. The van der Waals surface area contributed by atoms with Crippen molar-refractivity contribution in [3.8, 4) is 10.4 Å². The van der Waals surface area contributed by atoms with E-state index in [4.69, 9.17) is 4.98 Å². The lowest BCUT2D eigenvalue weighted by Gasteiger charge is -2.36.